The fraction of sp³-hybridized carbons (Fsp3) is 0.500. The maximum absolute atomic E-state index is 12.5. The summed E-state index contributed by atoms with van der Waals surface area (Å²) in [6.07, 6.45) is 12.1. The van der Waals surface area contributed by atoms with Gasteiger partial charge in [0, 0.05) is 12.8 Å². The lowest BCUT2D eigenvalue weighted by atomic mass is 10.1. The molecule has 0 atom stereocenters. The highest BCUT2D eigenvalue weighted by atomic mass is 32.3. The lowest BCUT2D eigenvalue weighted by Crippen LogP contribution is -2.02. The predicted molar refractivity (Wildman–Crippen MR) is 106 cm³/mol. The monoisotopic (exact) mass is 364 g/mol. The number of allylic oxidation sites excluding steroid dienone is 1. The minimum absolute atomic E-state index is 0.359. The maximum atomic E-state index is 12.5. The molecule has 0 saturated heterocycles. The van der Waals surface area contributed by atoms with Crippen molar-refractivity contribution in [3.05, 3.63) is 40.6 Å². The first-order valence-electron chi connectivity index (χ1n) is 8.63. The van der Waals surface area contributed by atoms with Crippen LogP contribution in [0.15, 0.2) is 45.5 Å². The first-order valence-corrected chi connectivity index (χ1v) is 11.3. The SMILES string of the molecule is CCCCCCC#CCCC/C=C(\SC)S(=O)(=O)c1ccccc1. The molecule has 0 aliphatic carbocycles. The topological polar surface area (TPSA) is 34.1 Å². The molecule has 0 radical (unpaired) electrons. The quantitative estimate of drug-likeness (QED) is 0.388. The van der Waals surface area contributed by atoms with E-state index in [9.17, 15) is 8.42 Å². The number of hydrogen-bond acceptors (Lipinski definition) is 3. The molecule has 0 amide bonds. The third-order valence-electron chi connectivity index (χ3n) is 3.62. The van der Waals surface area contributed by atoms with Crippen LogP contribution in [0.1, 0.15) is 58.3 Å². The highest BCUT2D eigenvalue weighted by molar-refractivity contribution is 8.18. The highest BCUT2D eigenvalue weighted by Crippen LogP contribution is 2.27. The smallest absolute Gasteiger partial charge is 0.212 e. The molecule has 0 N–H and O–H groups in total. The zero-order valence-corrected chi connectivity index (χ0v) is 16.4. The molecule has 4 heteroatoms. The summed E-state index contributed by atoms with van der Waals surface area (Å²) in [7, 11) is -3.37. The van der Waals surface area contributed by atoms with Gasteiger partial charge in [0.2, 0.25) is 9.84 Å². The molecule has 0 heterocycles. The minimum Gasteiger partial charge on any atom is -0.218 e. The maximum Gasteiger partial charge on any atom is 0.212 e. The third kappa shape index (κ3) is 7.59. The Balaban J connectivity index is 2.43. The van der Waals surface area contributed by atoms with Crippen molar-refractivity contribution in [1.82, 2.24) is 0 Å². The molecule has 0 fully saturated rings. The van der Waals surface area contributed by atoms with Crippen LogP contribution in [0.25, 0.3) is 0 Å². The van der Waals surface area contributed by atoms with E-state index in [0.29, 0.717) is 9.13 Å². The van der Waals surface area contributed by atoms with Gasteiger partial charge in [-0.2, -0.15) is 0 Å². The number of thioether (sulfide) groups is 1. The molecule has 1 aromatic rings. The summed E-state index contributed by atoms with van der Waals surface area (Å²) < 4.78 is 25.5. The van der Waals surface area contributed by atoms with Crippen LogP contribution in [0.5, 0.6) is 0 Å². The molecule has 0 unspecified atom stereocenters. The fourth-order valence-corrected chi connectivity index (χ4v) is 4.78. The Bertz CT molecular complexity index is 650. The van der Waals surface area contributed by atoms with Crippen LogP contribution in [0.3, 0.4) is 0 Å². The molecule has 0 aliphatic heterocycles. The van der Waals surface area contributed by atoms with Crippen LogP contribution < -0.4 is 0 Å². The van der Waals surface area contributed by atoms with Gasteiger partial charge in [-0.1, -0.05) is 50.5 Å². The summed E-state index contributed by atoms with van der Waals surface area (Å²) in [5.41, 5.74) is 0. The zero-order valence-electron chi connectivity index (χ0n) is 14.8. The van der Waals surface area contributed by atoms with Gasteiger partial charge in [0.05, 0.1) is 4.90 Å². The van der Waals surface area contributed by atoms with Crippen molar-refractivity contribution in [3.63, 3.8) is 0 Å². The summed E-state index contributed by atoms with van der Waals surface area (Å²) in [4.78, 5) is 0.359. The second-order valence-electron chi connectivity index (χ2n) is 5.60. The Labute approximate surface area is 152 Å². The van der Waals surface area contributed by atoms with Gasteiger partial charge in [0.25, 0.3) is 0 Å². The summed E-state index contributed by atoms with van der Waals surface area (Å²) in [5, 5.41) is 0. The van der Waals surface area contributed by atoms with Crippen molar-refractivity contribution in [3.8, 4) is 11.8 Å². The predicted octanol–water partition coefficient (Wildman–Crippen LogP) is 5.81. The zero-order chi connectivity index (χ0) is 17.7. The summed E-state index contributed by atoms with van der Waals surface area (Å²) >= 11 is 1.29. The first-order chi connectivity index (χ1) is 11.6. The third-order valence-corrected chi connectivity index (χ3v) is 6.93. The van der Waals surface area contributed by atoms with Gasteiger partial charge in [0.1, 0.15) is 4.24 Å². The summed E-state index contributed by atoms with van der Waals surface area (Å²) in [5.74, 6) is 6.40. The number of hydrogen-bond donors (Lipinski definition) is 0. The van der Waals surface area contributed by atoms with Crippen molar-refractivity contribution in [1.29, 1.82) is 0 Å². The number of sulfone groups is 1. The minimum atomic E-state index is -3.37. The molecule has 0 bridgehead atoms. The highest BCUT2D eigenvalue weighted by Gasteiger charge is 2.18. The van der Waals surface area contributed by atoms with E-state index in [0.717, 1.165) is 25.7 Å². The molecule has 1 rings (SSSR count). The molecule has 0 aromatic heterocycles. The van der Waals surface area contributed by atoms with E-state index >= 15 is 0 Å². The van der Waals surface area contributed by atoms with E-state index in [2.05, 4.69) is 18.8 Å². The number of unbranched alkanes of at least 4 members (excludes halogenated alkanes) is 6. The molecule has 1 aromatic carbocycles. The van der Waals surface area contributed by atoms with E-state index in [-0.39, 0.29) is 0 Å². The van der Waals surface area contributed by atoms with Crippen molar-refractivity contribution < 1.29 is 8.42 Å². The van der Waals surface area contributed by atoms with Gasteiger partial charge in [-0.05, 0) is 37.7 Å². The van der Waals surface area contributed by atoms with Crippen molar-refractivity contribution in [2.45, 2.75) is 63.2 Å². The fourth-order valence-electron chi connectivity index (χ4n) is 2.25. The molecule has 2 nitrogen and oxygen atoms in total. The van der Waals surface area contributed by atoms with Crippen LogP contribution in [0.4, 0.5) is 0 Å². The Morgan fingerprint density at radius 3 is 2.33 bits per heavy atom. The van der Waals surface area contributed by atoms with Crippen LogP contribution >= 0.6 is 11.8 Å². The van der Waals surface area contributed by atoms with E-state index in [1.807, 2.05) is 18.4 Å². The van der Waals surface area contributed by atoms with Gasteiger partial charge < -0.3 is 0 Å². The standard InChI is InChI=1S/C20H28O2S2/c1-3-4-5-6-7-8-9-10-11-15-18-20(23-2)24(21,22)19-16-13-12-14-17-19/h12-14,16-18H,3-7,10-11,15H2,1-2H3/b20-18+. The van der Waals surface area contributed by atoms with Gasteiger partial charge >= 0.3 is 0 Å². The molecule has 0 aliphatic rings. The normalized spacial score (nSPS) is 11.8. The second kappa shape index (κ2) is 12.2. The Kier molecular flexibility index (Phi) is 10.6. The molecule has 24 heavy (non-hydrogen) atoms. The van der Waals surface area contributed by atoms with Crippen LogP contribution in [0, 0.1) is 11.8 Å². The lowest BCUT2D eigenvalue weighted by Gasteiger charge is -2.06. The van der Waals surface area contributed by atoms with Gasteiger partial charge in [-0.15, -0.1) is 23.6 Å². The molecule has 0 spiro atoms. The van der Waals surface area contributed by atoms with Crippen LogP contribution in [-0.4, -0.2) is 14.7 Å². The van der Waals surface area contributed by atoms with E-state index in [4.69, 9.17) is 0 Å². The molecular formula is C20H28O2S2. The average molecular weight is 365 g/mol. The molecular weight excluding hydrogens is 336 g/mol. The number of rotatable bonds is 10. The van der Waals surface area contributed by atoms with Gasteiger partial charge in [-0.25, -0.2) is 8.42 Å². The Morgan fingerprint density at radius 1 is 1.04 bits per heavy atom. The molecule has 0 saturated carbocycles. The van der Waals surface area contributed by atoms with E-state index in [1.165, 1.54) is 37.4 Å². The Morgan fingerprint density at radius 2 is 1.71 bits per heavy atom. The largest absolute Gasteiger partial charge is 0.218 e. The number of benzene rings is 1. The van der Waals surface area contributed by atoms with Crippen LogP contribution in [0.2, 0.25) is 0 Å². The summed E-state index contributed by atoms with van der Waals surface area (Å²) in [6, 6.07) is 8.61. The van der Waals surface area contributed by atoms with Gasteiger partial charge in [-0.3, -0.25) is 0 Å². The Hall–Kier alpha value is -1.18. The van der Waals surface area contributed by atoms with E-state index < -0.39 is 9.84 Å². The van der Waals surface area contributed by atoms with Crippen LogP contribution in [-0.2, 0) is 9.84 Å². The van der Waals surface area contributed by atoms with Crippen molar-refractivity contribution in [2.75, 3.05) is 6.26 Å². The summed E-state index contributed by atoms with van der Waals surface area (Å²) in [6.45, 7) is 2.21. The first kappa shape index (κ1) is 20.9. The van der Waals surface area contributed by atoms with Gasteiger partial charge in [0.15, 0.2) is 0 Å². The van der Waals surface area contributed by atoms with Crippen molar-refractivity contribution >= 4 is 21.6 Å². The molecule has 132 valence electrons. The lowest BCUT2D eigenvalue weighted by molar-refractivity contribution is 0.604. The average Bonchev–Trinajstić information content (AvgIpc) is 2.60. The second-order valence-corrected chi connectivity index (χ2v) is 8.62. The van der Waals surface area contributed by atoms with Crippen molar-refractivity contribution in [2.24, 2.45) is 0 Å². The van der Waals surface area contributed by atoms with E-state index in [1.54, 1.807) is 24.3 Å².